The van der Waals surface area contributed by atoms with Crippen LogP contribution < -0.4 is 5.56 Å². The highest BCUT2D eigenvalue weighted by Gasteiger charge is 2.11. The number of nitrogens with one attached hydrogen (secondary N) is 1. The second-order valence-electron chi connectivity index (χ2n) is 6.20. The fraction of sp³-hybridized carbons (Fsp3) is 0.278. The lowest BCUT2D eigenvalue weighted by Crippen LogP contribution is -2.22. The number of aromatic nitrogens is 5. The minimum atomic E-state index is -0.340. The molecule has 1 aromatic carbocycles. The Kier molecular flexibility index (Phi) is 4.94. The van der Waals surface area contributed by atoms with Crippen LogP contribution in [0.4, 0.5) is 0 Å². The van der Waals surface area contributed by atoms with Gasteiger partial charge in [-0.3, -0.25) is 14.6 Å². The highest BCUT2D eigenvalue weighted by molar-refractivity contribution is 7.71. The van der Waals surface area contributed by atoms with Gasteiger partial charge in [-0.15, -0.1) is 0 Å². The smallest absolute Gasteiger partial charge is 0.265 e. The van der Waals surface area contributed by atoms with Crippen molar-refractivity contribution < 1.29 is 0 Å². The first-order chi connectivity index (χ1) is 12.4. The summed E-state index contributed by atoms with van der Waals surface area (Å²) in [6, 6.07) is 8.36. The van der Waals surface area contributed by atoms with E-state index in [1.165, 1.54) is 11.1 Å². The van der Waals surface area contributed by atoms with Crippen molar-refractivity contribution in [3.63, 3.8) is 0 Å². The van der Waals surface area contributed by atoms with Crippen LogP contribution in [0.3, 0.4) is 0 Å². The maximum atomic E-state index is 12.1. The molecule has 0 aliphatic carbocycles. The maximum absolute atomic E-state index is 12.1. The Morgan fingerprint density at radius 2 is 1.85 bits per heavy atom. The van der Waals surface area contributed by atoms with Crippen LogP contribution in [-0.2, 0) is 6.54 Å². The number of rotatable bonds is 4. The van der Waals surface area contributed by atoms with E-state index in [0.717, 1.165) is 21.6 Å². The van der Waals surface area contributed by atoms with Crippen molar-refractivity contribution in [2.75, 3.05) is 0 Å². The largest absolute Gasteiger partial charge is 0.296 e. The van der Waals surface area contributed by atoms with Crippen LogP contribution in [0.25, 0.3) is 0 Å². The second-order valence-corrected chi connectivity index (χ2v) is 6.59. The monoisotopic (exact) mass is 368 g/mol. The first-order valence-electron chi connectivity index (χ1n) is 8.19. The average molecular weight is 368 g/mol. The molecule has 0 bridgehead atoms. The summed E-state index contributed by atoms with van der Waals surface area (Å²) in [6.45, 7) is 8.25. The minimum absolute atomic E-state index is 0.152. The van der Waals surface area contributed by atoms with Crippen molar-refractivity contribution in [2.45, 2.75) is 34.2 Å². The molecule has 134 valence electrons. The molecule has 0 saturated heterocycles. The van der Waals surface area contributed by atoms with Crippen LogP contribution in [0.15, 0.2) is 34.2 Å². The molecule has 0 radical (unpaired) electrons. The predicted octanol–water partition coefficient (Wildman–Crippen LogP) is 2.66. The predicted molar refractivity (Wildman–Crippen MR) is 103 cm³/mol. The molecule has 0 spiro atoms. The summed E-state index contributed by atoms with van der Waals surface area (Å²) < 4.78 is 3.22. The van der Waals surface area contributed by atoms with E-state index in [1.807, 2.05) is 18.5 Å². The lowest BCUT2D eigenvalue weighted by molar-refractivity contribution is 0.659. The Balaban J connectivity index is 1.94. The zero-order valence-electron chi connectivity index (χ0n) is 15.1. The van der Waals surface area contributed by atoms with Crippen LogP contribution in [0, 0.1) is 32.5 Å². The van der Waals surface area contributed by atoms with Gasteiger partial charge < -0.3 is 0 Å². The summed E-state index contributed by atoms with van der Waals surface area (Å²) in [5, 5.41) is 15.3. The van der Waals surface area contributed by atoms with Crippen molar-refractivity contribution >= 4 is 18.4 Å². The number of hydrogen-bond acceptors (Lipinski definition) is 5. The first kappa shape index (κ1) is 17.9. The first-order valence-corrected chi connectivity index (χ1v) is 8.60. The van der Waals surface area contributed by atoms with Crippen LogP contribution in [0.5, 0.6) is 0 Å². The van der Waals surface area contributed by atoms with E-state index in [2.05, 4.69) is 51.6 Å². The summed E-state index contributed by atoms with van der Waals surface area (Å²) in [5.41, 5.74) is 5.05. The van der Waals surface area contributed by atoms with Gasteiger partial charge in [0.05, 0.1) is 18.5 Å². The lowest BCUT2D eigenvalue weighted by Gasteiger charge is -2.05. The molecule has 8 heteroatoms. The summed E-state index contributed by atoms with van der Waals surface area (Å²) in [7, 11) is 0. The van der Waals surface area contributed by atoms with Crippen molar-refractivity contribution in [3.05, 3.63) is 73.2 Å². The van der Waals surface area contributed by atoms with E-state index in [0.29, 0.717) is 12.2 Å². The molecule has 2 aromatic heterocycles. The fourth-order valence-electron chi connectivity index (χ4n) is 2.61. The molecular formula is C18H20N6OS. The zero-order valence-corrected chi connectivity index (χ0v) is 16.0. The van der Waals surface area contributed by atoms with Gasteiger partial charge in [-0.1, -0.05) is 29.8 Å². The number of nitrogens with zero attached hydrogens (tertiary/aromatic N) is 5. The molecule has 26 heavy (non-hydrogen) atoms. The van der Waals surface area contributed by atoms with Gasteiger partial charge in [-0.25, -0.2) is 0 Å². The van der Waals surface area contributed by atoms with Crippen molar-refractivity contribution in [2.24, 2.45) is 5.10 Å². The van der Waals surface area contributed by atoms with Crippen molar-refractivity contribution in [1.29, 1.82) is 0 Å². The highest BCUT2D eigenvalue weighted by atomic mass is 32.1. The molecule has 0 saturated carbocycles. The molecule has 0 amide bonds. The Morgan fingerprint density at radius 1 is 1.15 bits per heavy atom. The van der Waals surface area contributed by atoms with Gasteiger partial charge in [0, 0.05) is 11.3 Å². The standard InChI is InChI=1S/C18H20N6OS/c1-11-5-7-15(8-6-11)10-23-14(4)16(12(2)22-23)9-19-24-17(25)13(3)20-21-18(24)26/h5-9H,10H2,1-4H3,(H,21,26). The number of H-pyrrole nitrogens is 1. The number of aromatic amines is 1. The van der Waals surface area contributed by atoms with Crippen molar-refractivity contribution in [3.8, 4) is 0 Å². The molecule has 0 aliphatic rings. The molecule has 0 unspecified atom stereocenters. The molecule has 3 aromatic rings. The van der Waals surface area contributed by atoms with Crippen molar-refractivity contribution in [1.82, 2.24) is 24.7 Å². The van der Waals surface area contributed by atoms with Gasteiger partial charge in [0.15, 0.2) is 0 Å². The molecule has 0 fully saturated rings. The van der Waals surface area contributed by atoms with E-state index in [9.17, 15) is 4.79 Å². The summed E-state index contributed by atoms with van der Waals surface area (Å²) in [6.07, 6.45) is 1.62. The van der Waals surface area contributed by atoms with E-state index in [4.69, 9.17) is 12.2 Å². The second kappa shape index (κ2) is 7.17. The van der Waals surface area contributed by atoms with E-state index in [-0.39, 0.29) is 10.3 Å². The molecule has 7 nitrogen and oxygen atoms in total. The van der Waals surface area contributed by atoms with Gasteiger partial charge in [-0.2, -0.15) is 20.0 Å². The third kappa shape index (κ3) is 3.55. The Bertz CT molecular complexity index is 1090. The van der Waals surface area contributed by atoms with Gasteiger partial charge >= 0.3 is 0 Å². The molecule has 3 rings (SSSR count). The molecule has 2 heterocycles. The summed E-state index contributed by atoms with van der Waals surface area (Å²) >= 11 is 5.09. The molecular weight excluding hydrogens is 348 g/mol. The summed E-state index contributed by atoms with van der Waals surface area (Å²) in [5.74, 6) is 0. The molecule has 0 aliphatic heterocycles. The summed E-state index contributed by atoms with van der Waals surface area (Å²) in [4.78, 5) is 12.1. The van der Waals surface area contributed by atoms with Gasteiger partial charge in [-0.05, 0) is 45.5 Å². The van der Waals surface area contributed by atoms with Crippen LogP contribution in [0.2, 0.25) is 0 Å². The van der Waals surface area contributed by atoms with Crippen LogP contribution >= 0.6 is 12.2 Å². The number of hydrogen-bond donors (Lipinski definition) is 1. The normalized spacial score (nSPS) is 11.4. The van der Waals surface area contributed by atoms with Crippen LogP contribution in [0.1, 0.15) is 33.8 Å². The van der Waals surface area contributed by atoms with E-state index in [1.54, 1.807) is 13.1 Å². The molecule has 1 N–H and O–H groups in total. The Labute approximate surface area is 156 Å². The SMILES string of the molecule is Cc1ccc(Cn2nc(C)c(C=Nn3c(=S)[nH]nc(C)c3=O)c2C)cc1. The lowest BCUT2D eigenvalue weighted by atomic mass is 10.1. The molecule has 0 atom stereocenters. The maximum Gasteiger partial charge on any atom is 0.296 e. The highest BCUT2D eigenvalue weighted by Crippen LogP contribution is 2.13. The Hall–Kier alpha value is -2.87. The van der Waals surface area contributed by atoms with Gasteiger partial charge in [0.1, 0.15) is 5.69 Å². The topological polar surface area (TPSA) is 80.9 Å². The van der Waals surface area contributed by atoms with Gasteiger partial charge in [0.2, 0.25) is 4.77 Å². The average Bonchev–Trinajstić information content (AvgIpc) is 2.87. The minimum Gasteiger partial charge on any atom is -0.265 e. The fourth-order valence-corrected chi connectivity index (χ4v) is 2.79. The Morgan fingerprint density at radius 3 is 2.54 bits per heavy atom. The van der Waals surface area contributed by atoms with E-state index < -0.39 is 0 Å². The van der Waals surface area contributed by atoms with Crippen LogP contribution in [-0.4, -0.2) is 30.9 Å². The zero-order chi connectivity index (χ0) is 18.8. The third-order valence-electron chi connectivity index (χ3n) is 4.21. The van der Waals surface area contributed by atoms with E-state index >= 15 is 0 Å². The number of benzene rings is 1. The van der Waals surface area contributed by atoms with Gasteiger partial charge in [0.25, 0.3) is 5.56 Å². The third-order valence-corrected chi connectivity index (χ3v) is 4.47. The quantitative estimate of drug-likeness (QED) is 0.567. The number of aryl methyl sites for hydroxylation is 3.